The van der Waals surface area contributed by atoms with Crippen molar-refractivity contribution in [2.45, 2.75) is 71.7 Å². The van der Waals surface area contributed by atoms with E-state index in [2.05, 4.69) is 31.4 Å². The van der Waals surface area contributed by atoms with Crippen LogP contribution < -0.4 is 10.6 Å². The Kier molecular flexibility index (Phi) is 9.25. The molecule has 0 spiro atoms. The number of carbonyl (C=O) groups is 2. The third kappa shape index (κ3) is 6.92. The summed E-state index contributed by atoms with van der Waals surface area (Å²) in [4.78, 5) is 26.1. The Hall–Kier alpha value is -2.71. The molecule has 0 fully saturated rings. The predicted octanol–water partition coefficient (Wildman–Crippen LogP) is 4.72. The van der Waals surface area contributed by atoms with Gasteiger partial charge in [-0.3, -0.25) is 9.59 Å². The smallest absolute Gasteiger partial charge is 0.251 e. The van der Waals surface area contributed by atoms with Gasteiger partial charge in [-0.25, -0.2) is 8.42 Å². The molecule has 0 saturated heterocycles. The largest absolute Gasteiger partial charge is 0.340 e. The van der Waals surface area contributed by atoms with Crippen LogP contribution in [0.2, 0.25) is 0 Å². The second-order valence-electron chi connectivity index (χ2n) is 10.1. The van der Waals surface area contributed by atoms with Gasteiger partial charge in [-0.15, -0.1) is 0 Å². The van der Waals surface area contributed by atoms with Crippen molar-refractivity contribution in [2.75, 3.05) is 18.4 Å². The van der Waals surface area contributed by atoms with Crippen LogP contribution in [0.5, 0.6) is 0 Å². The first-order valence-electron chi connectivity index (χ1n) is 12.0. The maximum atomic E-state index is 13.1. The van der Waals surface area contributed by atoms with Crippen molar-refractivity contribution < 1.29 is 18.0 Å². The SMILES string of the molecule is CCN(CC)S(=O)(=O)c1cc(NC(=O)[C@@H](NC(=O)c2ccc(C(C)(C)C)cc2)C(C)C)ccc1C. The minimum Gasteiger partial charge on any atom is -0.340 e. The molecule has 0 heterocycles. The Bertz CT molecular complexity index is 1150. The molecule has 0 saturated carbocycles. The van der Waals surface area contributed by atoms with E-state index in [0.29, 0.717) is 29.9 Å². The molecule has 2 aromatic rings. The van der Waals surface area contributed by atoms with Gasteiger partial charge in [0.2, 0.25) is 15.9 Å². The molecule has 0 aliphatic carbocycles. The lowest BCUT2D eigenvalue weighted by atomic mass is 9.86. The van der Waals surface area contributed by atoms with Crippen LogP contribution in [0, 0.1) is 12.8 Å². The van der Waals surface area contributed by atoms with Gasteiger partial charge in [-0.1, -0.05) is 66.7 Å². The summed E-state index contributed by atoms with van der Waals surface area (Å²) in [5, 5.41) is 5.61. The fourth-order valence-corrected chi connectivity index (χ4v) is 5.47. The number of nitrogens with one attached hydrogen (secondary N) is 2. The first-order valence-corrected chi connectivity index (χ1v) is 13.5. The number of amides is 2. The molecule has 7 nitrogen and oxygen atoms in total. The summed E-state index contributed by atoms with van der Waals surface area (Å²) >= 11 is 0. The number of hydrogen-bond acceptors (Lipinski definition) is 4. The average molecular weight is 502 g/mol. The lowest BCUT2D eigenvalue weighted by Gasteiger charge is -2.23. The number of carbonyl (C=O) groups excluding carboxylic acids is 2. The van der Waals surface area contributed by atoms with E-state index >= 15 is 0 Å². The van der Waals surface area contributed by atoms with E-state index in [1.165, 1.54) is 10.4 Å². The molecule has 2 N–H and O–H groups in total. The molecule has 0 aliphatic rings. The van der Waals surface area contributed by atoms with Crippen LogP contribution in [0.15, 0.2) is 47.4 Å². The highest BCUT2D eigenvalue weighted by molar-refractivity contribution is 7.89. The van der Waals surface area contributed by atoms with Crippen LogP contribution in [0.4, 0.5) is 5.69 Å². The summed E-state index contributed by atoms with van der Waals surface area (Å²) < 4.78 is 27.5. The molecule has 8 heteroatoms. The van der Waals surface area contributed by atoms with Crippen LogP contribution in [0.1, 0.15) is 70.0 Å². The zero-order valence-electron chi connectivity index (χ0n) is 22.1. The second-order valence-corrected chi connectivity index (χ2v) is 12.0. The van der Waals surface area contributed by atoms with Crippen LogP contribution in [-0.4, -0.2) is 43.7 Å². The minimum atomic E-state index is -3.68. The molecule has 0 bridgehead atoms. The summed E-state index contributed by atoms with van der Waals surface area (Å²) in [5.74, 6) is -0.931. The van der Waals surface area contributed by atoms with Gasteiger partial charge < -0.3 is 10.6 Å². The summed E-state index contributed by atoms with van der Waals surface area (Å²) in [7, 11) is -3.68. The monoisotopic (exact) mass is 501 g/mol. The molecule has 1 atom stereocenters. The molecule has 2 rings (SSSR count). The van der Waals surface area contributed by atoms with Gasteiger partial charge >= 0.3 is 0 Å². The molecule has 0 aliphatic heterocycles. The predicted molar refractivity (Wildman–Crippen MR) is 141 cm³/mol. The van der Waals surface area contributed by atoms with Gasteiger partial charge in [0.25, 0.3) is 5.91 Å². The third-order valence-electron chi connectivity index (χ3n) is 6.03. The standard InChI is InChI=1S/C27H39N3O4S/c1-9-30(10-2)35(33,34)23-17-22(16-11-19(23)5)28-26(32)24(18(3)4)29-25(31)20-12-14-21(15-13-20)27(6,7)8/h11-18,24H,9-10H2,1-8H3,(H,28,32)(H,29,31)/t24-/m0/s1. The Labute approximate surface area is 210 Å². The van der Waals surface area contributed by atoms with Crippen molar-refractivity contribution in [2.24, 2.45) is 5.92 Å². The van der Waals surface area contributed by atoms with Crippen molar-refractivity contribution in [3.8, 4) is 0 Å². The normalized spacial score (nSPS) is 13.1. The third-order valence-corrected chi connectivity index (χ3v) is 8.22. The highest BCUT2D eigenvalue weighted by Gasteiger charge is 2.27. The van der Waals surface area contributed by atoms with Crippen molar-refractivity contribution >= 4 is 27.5 Å². The van der Waals surface area contributed by atoms with Gasteiger partial charge in [-0.05, 0) is 53.6 Å². The highest BCUT2D eigenvalue weighted by atomic mass is 32.2. The summed E-state index contributed by atoms with van der Waals surface area (Å²) in [6, 6.07) is 11.4. The van der Waals surface area contributed by atoms with Crippen molar-refractivity contribution in [1.82, 2.24) is 9.62 Å². The number of nitrogens with zero attached hydrogens (tertiary/aromatic N) is 1. The van der Waals surface area contributed by atoms with Crippen molar-refractivity contribution in [1.29, 1.82) is 0 Å². The van der Waals surface area contributed by atoms with E-state index in [0.717, 1.165) is 5.56 Å². The molecule has 2 amide bonds. The van der Waals surface area contributed by atoms with Gasteiger partial charge in [0, 0.05) is 24.3 Å². The van der Waals surface area contributed by atoms with E-state index in [1.807, 2.05) is 26.0 Å². The van der Waals surface area contributed by atoms with E-state index < -0.39 is 22.0 Å². The van der Waals surface area contributed by atoms with Crippen LogP contribution >= 0.6 is 0 Å². The lowest BCUT2D eigenvalue weighted by Crippen LogP contribution is -2.47. The molecular weight excluding hydrogens is 462 g/mol. The summed E-state index contributed by atoms with van der Waals surface area (Å²) in [6.45, 7) is 16.0. The highest BCUT2D eigenvalue weighted by Crippen LogP contribution is 2.25. The fraction of sp³-hybridized carbons (Fsp3) is 0.481. The van der Waals surface area contributed by atoms with Crippen LogP contribution in [0.25, 0.3) is 0 Å². The lowest BCUT2D eigenvalue weighted by molar-refractivity contribution is -0.118. The van der Waals surface area contributed by atoms with Gasteiger partial charge in [0.15, 0.2) is 0 Å². The maximum absolute atomic E-state index is 13.1. The Morgan fingerprint density at radius 3 is 2.03 bits per heavy atom. The van der Waals surface area contributed by atoms with E-state index in [-0.39, 0.29) is 22.1 Å². The number of sulfonamides is 1. The number of rotatable bonds is 9. The molecule has 2 aromatic carbocycles. The quantitative estimate of drug-likeness (QED) is 0.520. The van der Waals surface area contributed by atoms with E-state index in [9.17, 15) is 18.0 Å². The Morgan fingerprint density at radius 2 is 1.54 bits per heavy atom. The molecule has 0 aromatic heterocycles. The Balaban J connectivity index is 2.24. The van der Waals surface area contributed by atoms with Crippen LogP contribution in [0.3, 0.4) is 0 Å². The van der Waals surface area contributed by atoms with Gasteiger partial charge in [0.1, 0.15) is 6.04 Å². The molecule has 192 valence electrons. The van der Waals surface area contributed by atoms with Gasteiger partial charge in [-0.2, -0.15) is 4.31 Å². The molecule has 0 radical (unpaired) electrons. The number of aryl methyl sites for hydroxylation is 1. The molecule has 35 heavy (non-hydrogen) atoms. The average Bonchev–Trinajstić information content (AvgIpc) is 2.78. The summed E-state index contributed by atoms with van der Waals surface area (Å²) in [6.07, 6.45) is 0. The zero-order chi connectivity index (χ0) is 26.6. The van der Waals surface area contributed by atoms with Gasteiger partial charge in [0.05, 0.1) is 4.90 Å². The first-order chi connectivity index (χ1) is 16.2. The fourth-order valence-electron chi connectivity index (χ4n) is 3.76. The topological polar surface area (TPSA) is 95.6 Å². The van der Waals surface area contributed by atoms with E-state index in [1.54, 1.807) is 45.0 Å². The molecule has 0 unspecified atom stereocenters. The summed E-state index contributed by atoms with van der Waals surface area (Å²) in [5.41, 5.74) is 2.52. The number of anilines is 1. The minimum absolute atomic E-state index is 0.0268. The second kappa shape index (κ2) is 11.4. The van der Waals surface area contributed by atoms with E-state index in [4.69, 9.17) is 0 Å². The van der Waals surface area contributed by atoms with Crippen LogP contribution in [-0.2, 0) is 20.2 Å². The Morgan fingerprint density at radius 1 is 0.971 bits per heavy atom. The first kappa shape index (κ1) is 28.5. The maximum Gasteiger partial charge on any atom is 0.251 e. The van der Waals surface area contributed by atoms with Crippen molar-refractivity contribution in [3.63, 3.8) is 0 Å². The molecular formula is C27H39N3O4S. The van der Waals surface area contributed by atoms with Crippen molar-refractivity contribution in [3.05, 3.63) is 59.2 Å². The number of benzene rings is 2. The number of hydrogen-bond donors (Lipinski definition) is 2. The zero-order valence-corrected chi connectivity index (χ0v) is 22.9.